The molecule has 5 nitrogen and oxygen atoms in total. The van der Waals surface area contributed by atoms with Gasteiger partial charge >= 0.3 is 0 Å². The van der Waals surface area contributed by atoms with Gasteiger partial charge in [0, 0.05) is 66.2 Å². The minimum absolute atomic E-state index is 0.249. The molecule has 1 amide bonds. The van der Waals surface area contributed by atoms with Gasteiger partial charge < -0.3 is 9.80 Å². The van der Waals surface area contributed by atoms with E-state index < -0.39 is 0 Å². The Hall–Kier alpha value is -2.67. The molecule has 0 bridgehead atoms. The van der Waals surface area contributed by atoms with Crippen LogP contribution in [-0.2, 0) is 17.6 Å². The van der Waals surface area contributed by atoms with Crippen molar-refractivity contribution < 1.29 is 4.79 Å². The lowest BCUT2D eigenvalue weighted by atomic mass is 9.88. The first-order chi connectivity index (χ1) is 19.0. The number of likely N-dealkylation sites (tertiary alicyclic amines) is 1. The molecule has 2 aromatic carbocycles. The molecule has 7 heteroatoms. The third-order valence-corrected chi connectivity index (χ3v) is 9.10. The summed E-state index contributed by atoms with van der Waals surface area (Å²) in [5, 5.41) is 0.776. The molecule has 6 rings (SSSR count). The van der Waals surface area contributed by atoms with Crippen LogP contribution in [0.5, 0.6) is 0 Å². The summed E-state index contributed by atoms with van der Waals surface area (Å²) >= 11 is 10.0. The number of hydrogen-bond donors (Lipinski definition) is 0. The zero-order valence-corrected chi connectivity index (χ0v) is 24.8. The van der Waals surface area contributed by atoms with E-state index in [0.29, 0.717) is 6.54 Å². The number of rotatable bonds is 3. The minimum atomic E-state index is 0.249. The highest BCUT2D eigenvalue weighted by molar-refractivity contribution is 9.10. The average Bonchev–Trinajstić information content (AvgIpc) is 3.10. The van der Waals surface area contributed by atoms with E-state index >= 15 is 0 Å². The van der Waals surface area contributed by atoms with Crippen LogP contribution >= 0.6 is 27.5 Å². The Morgan fingerprint density at radius 2 is 1.67 bits per heavy atom. The van der Waals surface area contributed by atoms with Crippen LogP contribution < -0.4 is 4.90 Å². The summed E-state index contributed by atoms with van der Waals surface area (Å²) in [6.07, 6.45) is 5.54. The SMILES string of the molecule is Cc1ccccc1N1CCN(CC(=O)N2CCC(=C3c4ccc(Cl)cc4CCc4cc(Br)cnc43)CC2)CC1. The summed E-state index contributed by atoms with van der Waals surface area (Å²) in [4.78, 5) is 25.0. The van der Waals surface area contributed by atoms with E-state index in [1.165, 1.54) is 39.1 Å². The zero-order chi connectivity index (χ0) is 26.9. The van der Waals surface area contributed by atoms with Gasteiger partial charge in [0.2, 0.25) is 5.91 Å². The Morgan fingerprint density at radius 3 is 2.44 bits per heavy atom. The van der Waals surface area contributed by atoms with Gasteiger partial charge in [0.25, 0.3) is 0 Å². The summed E-state index contributed by atoms with van der Waals surface area (Å²) in [7, 11) is 0. The molecule has 2 aliphatic heterocycles. The molecule has 0 unspecified atom stereocenters. The smallest absolute Gasteiger partial charge is 0.236 e. The van der Waals surface area contributed by atoms with Crippen molar-refractivity contribution in [2.45, 2.75) is 32.6 Å². The van der Waals surface area contributed by atoms with Crippen LogP contribution in [0.15, 0.2) is 64.8 Å². The van der Waals surface area contributed by atoms with Gasteiger partial charge in [0.1, 0.15) is 0 Å². The number of fused-ring (bicyclic) bond motifs is 2. The van der Waals surface area contributed by atoms with E-state index in [2.05, 4.69) is 80.0 Å². The summed E-state index contributed by atoms with van der Waals surface area (Å²) in [5.74, 6) is 0.249. The van der Waals surface area contributed by atoms with E-state index in [0.717, 1.165) is 80.1 Å². The molecule has 3 heterocycles. The molecule has 1 aromatic heterocycles. The largest absolute Gasteiger partial charge is 0.369 e. The van der Waals surface area contributed by atoms with E-state index in [9.17, 15) is 4.79 Å². The second kappa shape index (κ2) is 11.4. The summed E-state index contributed by atoms with van der Waals surface area (Å²) in [6, 6.07) is 17.0. The Labute approximate surface area is 244 Å². The van der Waals surface area contributed by atoms with E-state index in [4.69, 9.17) is 16.6 Å². The summed E-state index contributed by atoms with van der Waals surface area (Å²) in [5.41, 5.74) is 10.1. The second-order valence-electron chi connectivity index (χ2n) is 10.9. The predicted molar refractivity (Wildman–Crippen MR) is 162 cm³/mol. The van der Waals surface area contributed by atoms with Crippen LogP contribution in [-0.4, -0.2) is 66.5 Å². The maximum absolute atomic E-state index is 13.3. The molecule has 0 atom stereocenters. The molecule has 2 fully saturated rings. The summed E-state index contributed by atoms with van der Waals surface area (Å²) < 4.78 is 1.01. The van der Waals surface area contributed by atoms with Crippen LogP contribution in [0.4, 0.5) is 5.69 Å². The first-order valence-electron chi connectivity index (χ1n) is 13.9. The van der Waals surface area contributed by atoms with Crippen LogP contribution in [0.3, 0.4) is 0 Å². The van der Waals surface area contributed by atoms with Gasteiger partial charge in [0.15, 0.2) is 0 Å². The number of piperidine rings is 1. The highest BCUT2D eigenvalue weighted by Gasteiger charge is 2.28. The van der Waals surface area contributed by atoms with Crippen molar-refractivity contribution in [1.82, 2.24) is 14.8 Å². The van der Waals surface area contributed by atoms with Crippen LogP contribution in [0.1, 0.15) is 40.8 Å². The highest BCUT2D eigenvalue weighted by atomic mass is 79.9. The fourth-order valence-electron chi connectivity index (χ4n) is 6.30. The third kappa shape index (κ3) is 5.65. The number of benzene rings is 2. The first kappa shape index (κ1) is 26.5. The number of para-hydroxylation sites is 1. The second-order valence-corrected chi connectivity index (χ2v) is 12.2. The first-order valence-corrected chi connectivity index (χ1v) is 15.1. The average molecular weight is 606 g/mol. The van der Waals surface area contributed by atoms with Gasteiger partial charge in [0.05, 0.1) is 12.2 Å². The van der Waals surface area contributed by atoms with E-state index in [-0.39, 0.29) is 5.91 Å². The van der Waals surface area contributed by atoms with E-state index in [1.54, 1.807) is 0 Å². The standard InChI is InChI=1S/C32H34BrClN4O/c1-22-4-2-3-5-29(22)37-16-14-36(15-17-37)21-30(39)38-12-10-23(11-13-38)31-28-9-8-27(34)19-24(28)6-7-25-18-26(33)20-35-32(25)31/h2-5,8-9,18-20H,6-7,10-17,21H2,1H3. The van der Waals surface area contributed by atoms with Crippen molar-refractivity contribution in [3.05, 3.63) is 97.7 Å². The highest BCUT2D eigenvalue weighted by Crippen LogP contribution is 2.39. The molecule has 0 spiro atoms. The molecule has 3 aliphatic rings. The lowest BCUT2D eigenvalue weighted by Crippen LogP contribution is -2.51. The molecule has 3 aromatic rings. The minimum Gasteiger partial charge on any atom is -0.369 e. The van der Waals surface area contributed by atoms with Gasteiger partial charge in [-0.3, -0.25) is 14.7 Å². The zero-order valence-electron chi connectivity index (χ0n) is 22.4. The van der Waals surface area contributed by atoms with Crippen molar-refractivity contribution in [1.29, 1.82) is 0 Å². The van der Waals surface area contributed by atoms with Gasteiger partial charge in [-0.15, -0.1) is 0 Å². The van der Waals surface area contributed by atoms with Crippen molar-refractivity contribution in [3.8, 4) is 0 Å². The Morgan fingerprint density at radius 1 is 0.923 bits per heavy atom. The molecule has 0 N–H and O–H groups in total. The van der Waals surface area contributed by atoms with Crippen LogP contribution in [0.25, 0.3) is 5.57 Å². The molecule has 0 radical (unpaired) electrons. The number of aromatic nitrogens is 1. The van der Waals surface area contributed by atoms with Gasteiger partial charge in [-0.25, -0.2) is 0 Å². The van der Waals surface area contributed by atoms with Crippen molar-refractivity contribution in [2.24, 2.45) is 0 Å². The topological polar surface area (TPSA) is 39.7 Å². The molecule has 2 saturated heterocycles. The Bertz CT molecular complexity index is 1360. The van der Waals surface area contributed by atoms with Crippen molar-refractivity contribution >= 4 is 44.7 Å². The fraction of sp³-hybridized carbons (Fsp3) is 0.375. The number of hydrogen-bond acceptors (Lipinski definition) is 4. The van der Waals surface area contributed by atoms with Crippen molar-refractivity contribution in [2.75, 3.05) is 50.7 Å². The van der Waals surface area contributed by atoms with Crippen LogP contribution in [0.2, 0.25) is 5.02 Å². The molecular weight excluding hydrogens is 572 g/mol. The molecule has 1 aliphatic carbocycles. The monoisotopic (exact) mass is 604 g/mol. The van der Waals surface area contributed by atoms with E-state index in [1.807, 2.05) is 12.3 Å². The fourth-order valence-corrected chi connectivity index (χ4v) is 6.87. The number of aryl methyl sites for hydroxylation is 3. The molecule has 202 valence electrons. The lowest BCUT2D eigenvalue weighted by molar-refractivity contribution is -0.132. The quantitative estimate of drug-likeness (QED) is 0.359. The number of anilines is 1. The molecule has 39 heavy (non-hydrogen) atoms. The maximum Gasteiger partial charge on any atom is 0.236 e. The van der Waals surface area contributed by atoms with Gasteiger partial charge in [-0.2, -0.15) is 0 Å². The number of carbonyl (C=O) groups is 1. The molecule has 0 saturated carbocycles. The number of piperazine rings is 1. The van der Waals surface area contributed by atoms with Crippen molar-refractivity contribution in [3.63, 3.8) is 0 Å². The summed E-state index contributed by atoms with van der Waals surface area (Å²) in [6.45, 7) is 7.95. The van der Waals surface area contributed by atoms with Crippen LogP contribution in [0, 0.1) is 6.92 Å². The van der Waals surface area contributed by atoms with Gasteiger partial charge in [-0.05, 0) is 95.1 Å². The number of pyridine rings is 1. The Balaban J connectivity index is 1.14. The number of nitrogens with zero attached hydrogens (tertiary/aromatic N) is 4. The number of halogens is 2. The lowest BCUT2D eigenvalue weighted by Gasteiger charge is -2.38. The number of carbonyl (C=O) groups excluding carboxylic acids is 1. The Kier molecular flexibility index (Phi) is 7.79. The van der Waals surface area contributed by atoms with Gasteiger partial charge in [-0.1, -0.05) is 41.4 Å². The number of amides is 1. The predicted octanol–water partition coefficient (Wildman–Crippen LogP) is 6.15. The normalized spacial score (nSPS) is 18.0. The maximum atomic E-state index is 13.3. The third-order valence-electron chi connectivity index (χ3n) is 8.43. The molecular formula is C32H34BrClN4O.